The second-order valence-corrected chi connectivity index (χ2v) is 2.75. The van der Waals surface area contributed by atoms with Gasteiger partial charge < -0.3 is 5.73 Å². The van der Waals surface area contributed by atoms with Crippen molar-refractivity contribution in [2.75, 3.05) is 7.05 Å². The third kappa shape index (κ3) is 5.35. The zero-order chi connectivity index (χ0) is 7.98. The molecule has 0 aromatic carbocycles. The molecule has 0 radical (unpaired) electrons. The van der Waals surface area contributed by atoms with Gasteiger partial charge in [-0.25, -0.2) is 0 Å². The molecule has 0 amide bonds. The highest BCUT2D eigenvalue weighted by atomic mass is 14.6. The van der Waals surface area contributed by atoms with Crippen molar-refractivity contribution in [1.82, 2.24) is 0 Å². The fourth-order valence-corrected chi connectivity index (χ4v) is 0.710. The maximum Gasteiger partial charge on any atom is 0.0277 e. The zero-order valence-electron chi connectivity index (χ0n) is 6.96. The molecule has 0 aromatic rings. The van der Waals surface area contributed by atoms with Gasteiger partial charge in [-0.15, -0.1) is 0 Å². The molecule has 0 aliphatic rings. The summed E-state index contributed by atoms with van der Waals surface area (Å²) < 4.78 is 0. The van der Waals surface area contributed by atoms with Crippen molar-refractivity contribution in [1.29, 1.82) is 0 Å². The molecule has 58 valence electrons. The highest BCUT2D eigenvalue weighted by Crippen LogP contribution is 2.03. The molecule has 0 saturated heterocycles. The van der Waals surface area contributed by atoms with Crippen molar-refractivity contribution in [3.63, 3.8) is 0 Å². The van der Waals surface area contributed by atoms with E-state index in [9.17, 15) is 0 Å². The predicted octanol–water partition coefficient (Wildman–Crippen LogP) is 1.58. The maximum atomic E-state index is 5.63. The number of rotatable bonds is 3. The molecule has 0 saturated carbocycles. The first-order chi connectivity index (χ1) is 4.66. The van der Waals surface area contributed by atoms with E-state index in [2.05, 4.69) is 18.8 Å². The van der Waals surface area contributed by atoms with Gasteiger partial charge in [0, 0.05) is 19.0 Å². The molecule has 0 heterocycles. The van der Waals surface area contributed by atoms with Gasteiger partial charge in [0.05, 0.1) is 0 Å². The summed E-state index contributed by atoms with van der Waals surface area (Å²) in [5, 5.41) is 0. The van der Waals surface area contributed by atoms with Crippen LogP contribution in [-0.4, -0.2) is 13.3 Å². The number of allylic oxidation sites excluding steroid dienone is 2. The van der Waals surface area contributed by atoms with Crippen LogP contribution in [0.5, 0.6) is 0 Å². The van der Waals surface area contributed by atoms with Gasteiger partial charge in [0.25, 0.3) is 0 Å². The molecule has 2 heteroatoms. The van der Waals surface area contributed by atoms with Gasteiger partial charge in [-0.05, 0) is 18.4 Å². The molecule has 0 rings (SSSR count). The third-order valence-electron chi connectivity index (χ3n) is 1.08. The van der Waals surface area contributed by atoms with Crippen LogP contribution in [0.3, 0.4) is 0 Å². The molecular weight excluding hydrogens is 124 g/mol. The van der Waals surface area contributed by atoms with Gasteiger partial charge in [0.1, 0.15) is 0 Å². The van der Waals surface area contributed by atoms with Crippen LogP contribution in [0.1, 0.15) is 20.3 Å². The SMILES string of the molecule is CN=CC=C(N)CC(C)C. The minimum Gasteiger partial charge on any atom is -0.402 e. The summed E-state index contributed by atoms with van der Waals surface area (Å²) in [7, 11) is 1.74. The van der Waals surface area contributed by atoms with Crippen molar-refractivity contribution in [2.45, 2.75) is 20.3 Å². The molecule has 0 aliphatic carbocycles. The van der Waals surface area contributed by atoms with E-state index in [1.165, 1.54) is 0 Å². The van der Waals surface area contributed by atoms with Crippen LogP contribution in [0.4, 0.5) is 0 Å². The summed E-state index contributed by atoms with van der Waals surface area (Å²) >= 11 is 0. The van der Waals surface area contributed by atoms with Crippen molar-refractivity contribution in [3.05, 3.63) is 11.8 Å². The number of hydrogen-bond acceptors (Lipinski definition) is 2. The van der Waals surface area contributed by atoms with Crippen LogP contribution in [0.25, 0.3) is 0 Å². The van der Waals surface area contributed by atoms with Crippen molar-refractivity contribution >= 4 is 6.21 Å². The fourth-order valence-electron chi connectivity index (χ4n) is 0.710. The quantitative estimate of drug-likeness (QED) is 0.594. The summed E-state index contributed by atoms with van der Waals surface area (Å²) in [6, 6.07) is 0. The summed E-state index contributed by atoms with van der Waals surface area (Å²) in [6.45, 7) is 4.29. The van der Waals surface area contributed by atoms with Crippen LogP contribution in [-0.2, 0) is 0 Å². The first kappa shape index (κ1) is 9.21. The number of nitrogens with two attached hydrogens (primary N) is 1. The molecule has 2 nitrogen and oxygen atoms in total. The summed E-state index contributed by atoms with van der Waals surface area (Å²) in [4.78, 5) is 3.80. The van der Waals surface area contributed by atoms with Crippen LogP contribution in [0, 0.1) is 5.92 Å². The van der Waals surface area contributed by atoms with E-state index in [4.69, 9.17) is 5.73 Å². The van der Waals surface area contributed by atoms with E-state index in [0.29, 0.717) is 5.92 Å². The Morgan fingerprint density at radius 3 is 2.60 bits per heavy atom. The Kier molecular flexibility index (Phi) is 4.63. The van der Waals surface area contributed by atoms with Crippen LogP contribution in [0.15, 0.2) is 16.8 Å². The number of aliphatic imine (C=N–C) groups is 1. The summed E-state index contributed by atoms with van der Waals surface area (Å²) in [5.74, 6) is 0.626. The lowest BCUT2D eigenvalue weighted by atomic mass is 10.1. The minimum absolute atomic E-state index is 0.626. The topological polar surface area (TPSA) is 38.4 Å². The molecule has 0 spiro atoms. The number of hydrogen-bond donors (Lipinski definition) is 1. The van der Waals surface area contributed by atoms with Crippen molar-refractivity contribution < 1.29 is 0 Å². The van der Waals surface area contributed by atoms with Gasteiger partial charge in [-0.2, -0.15) is 0 Å². The smallest absolute Gasteiger partial charge is 0.0277 e. The fraction of sp³-hybridized carbons (Fsp3) is 0.625. The zero-order valence-corrected chi connectivity index (χ0v) is 6.96. The normalized spacial score (nSPS) is 13.4. The number of nitrogens with zero attached hydrogens (tertiary/aromatic N) is 1. The van der Waals surface area contributed by atoms with Crippen LogP contribution in [0.2, 0.25) is 0 Å². The van der Waals surface area contributed by atoms with Crippen molar-refractivity contribution in [3.8, 4) is 0 Å². The van der Waals surface area contributed by atoms with E-state index >= 15 is 0 Å². The molecule has 0 atom stereocenters. The second-order valence-electron chi connectivity index (χ2n) is 2.75. The Balaban J connectivity index is 3.71. The third-order valence-corrected chi connectivity index (χ3v) is 1.08. The molecular formula is C8H16N2. The summed E-state index contributed by atoms with van der Waals surface area (Å²) in [5.41, 5.74) is 6.53. The van der Waals surface area contributed by atoms with Gasteiger partial charge >= 0.3 is 0 Å². The molecule has 10 heavy (non-hydrogen) atoms. The lowest BCUT2D eigenvalue weighted by Gasteiger charge is -2.02. The highest BCUT2D eigenvalue weighted by Gasteiger charge is 1.93. The van der Waals surface area contributed by atoms with Crippen LogP contribution < -0.4 is 5.73 Å². The Hall–Kier alpha value is -0.790. The van der Waals surface area contributed by atoms with E-state index in [-0.39, 0.29) is 0 Å². The van der Waals surface area contributed by atoms with E-state index < -0.39 is 0 Å². The summed E-state index contributed by atoms with van der Waals surface area (Å²) in [6.07, 6.45) is 4.52. The first-order valence-electron chi connectivity index (χ1n) is 3.53. The maximum absolute atomic E-state index is 5.63. The van der Waals surface area contributed by atoms with Gasteiger partial charge in [-0.3, -0.25) is 4.99 Å². The average Bonchev–Trinajstić information content (AvgIpc) is 1.82. The van der Waals surface area contributed by atoms with E-state index in [0.717, 1.165) is 12.1 Å². The lowest BCUT2D eigenvalue weighted by molar-refractivity contribution is 0.639. The van der Waals surface area contributed by atoms with Gasteiger partial charge in [-0.1, -0.05) is 13.8 Å². The highest BCUT2D eigenvalue weighted by molar-refractivity contribution is 5.71. The van der Waals surface area contributed by atoms with E-state index in [1.54, 1.807) is 13.3 Å². The van der Waals surface area contributed by atoms with Crippen molar-refractivity contribution in [2.24, 2.45) is 16.6 Å². The standard InChI is InChI=1S/C8H16N2/c1-7(2)6-8(9)4-5-10-3/h4-5,7H,6,9H2,1-3H3. The van der Waals surface area contributed by atoms with E-state index in [1.807, 2.05) is 6.08 Å². The molecule has 2 N–H and O–H groups in total. The molecule has 0 fully saturated rings. The predicted molar refractivity (Wildman–Crippen MR) is 46.1 cm³/mol. The minimum atomic E-state index is 0.626. The van der Waals surface area contributed by atoms with Crippen LogP contribution >= 0.6 is 0 Å². The molecule has 0 bridgehead atoms. The monoisotopic (exact) mass is 140 g/mol. The molecule has 0 aliphatic heterocycles. The second kappa shape index (κ2) is 5.03. The Labute approximate surface area is 62.8 Å². The Morgan fingerprint density at radius 2 is 2.20 bits per heavy atom. The Morgan fingerprint density at radius 1 is 1.60 bits per heavy atom. The molecule has 0 unspecified atom stereocenters. The van der Waals surface area contributed by atoms with Gasteiger partial charge in [0.15, 0.2) is 0 Å². The largest absolute Gasteiger partial charge is 0.402 e. The average molecular weight is 140 g/mol. The molecule has 0 aromatic heterocycles. The first-order valence-corrected chi connectivity index (χ1v) is 3.53. The lowest BCUT2D eigenvalue weighted by Crippen LogP contribution is -2.01. The van der Waals surface area contributed by atoms with Gasteiger partial charge in [0.2, 0.25) is 0 Å². The Bertz CT molecular complexity index is 134.